The minimum atomic E-state index is -4.36. The first-order valence-corrected chi connectivity index (χ1v) is 5.04. The molecule has 0 bridgehead atoms. The molecule has 80 valence electrons. The second kappa shape index (κ2) is 6.28. The van der Waals surface area contributed by atoms with Gasteiger partial charge >= 0.3 is 10.4 Å². The van der Waals surface area contributed by atoms with E-state index in [9.17, 15) is 8.42 Å². The van der Waals surface area contributed by atoms with Crippen molar-refractivity contribution in [1.82, 2.24) is 0 Å². The largest absolute Gasteiger partial charge is 0.397 e. The van der Waals surface area contributed by atoms with Gasteiger partial charge in [-0.25, -0.2) is 4.18 Å². The quantitative estimate of drug-likeness (QED) is 0.469. The normalized spacial score (nSPS) is 14.4. The molecule has 0 rings (SSSR count). The fraction of sp³-hybridized carbons (Fsp3) is 1.00. The summed E-state index contributed by atoms with van der Waals surface area (Å²) < 4.78 is 42.3. The molecule has 0 amide bonds. The molecule has 0 saturated carbocycles. The molecule has 0 aromatic rings. The molecule has 1 unspecified atom stereocenters. The van der Waals surface area contributed by atoms with Crippen molar-refractivity contribution >= 4 is 10.4 Å². The fourth-order valence-electron chi connectivity index (χ4n) is 0.563. The average molecular weight is 214 g/mol. The SMILES string of the molecule is COCCOC(C)COS(=O)(=O)O. The van der Waals surface area contributed by atoms with Crippen molar-refractivity contribution < 1.29 is 26.6 Å². The molecule has 0 aliphatic heterocycles. The van der Waals surface area contributed by atoms with Gasteiger partial charge in [-0.1, -0.05) is 0 Å². The first-order chi connectivity index (χ1) is 5.95. The van der Waals surface area contributed by atoms with Crippen LogP contribution in [-0.4, -0.2) is 46.0 Å². The Labute approximate surface area is 77.7 Å². The maximum atomic E-state index is 10.1. The molecule has 13 heavy (non-hydrogen) atoms. The lowest BCUT2D eigenvalue weighted by molar-refractivity contribution is 0.00345. The number of methoxy groups -OCH3 is 1. The predicted octanol–water partition coefficient (Wildman–Crippen LogP) is -0.143. The van der Waals surface area contributed by atoms with E-state index in [1.165, 1.54) is 7.11 Å². The molecule has 0 aliphatic carbocycles. The van der Waals surface area contributed by atoms with Crippen molar-refractivity contribution in [1.29, 1.82) is 0 Å². The highest BCUT2D eigenvalue weighted by Crippen LogP contribution is 1.95. The average Bonchev–Trinajstić information content (AvgIpc) is 2.00. The maximum absolute atomic E-state index is 10.1. The summed E-state index contributed by atoms with van der Waals surface area (Å²) in [4.78, 5) is 0. The first-order valence-electron chi connectivity index (χ1n) is 3.68. The zero-order valence-corrected chi connectivity index (χ0v) is 8.41. The third-order valence-corrected chi connectivity index (χ3v) is 1.58. The summed E-state index contributed by atoms with van der Waals surface area (Å²) >= 11 is 0. The minimum Gasteiger partial charge on any atom is -0.382 e. The van der Waals surface area contributed by atoms with Gasteiger partial charge in [-0.05, 0) is 6.92 Å². The lowest BCUT2D eigenvalue weighted by atomic mass is 10.4. The molecular weight excluding hydrogens is 200 g/mol. The molecule has 0 aliphatic rings. The van der Waals surface area contributed by atoms with Crippen LogP contribution in [0, 0.1) is 0 Å². The predicted molar refractivity (Wildman–Crippen MR) is 44.8 cm³/mol. The van der Waals surface area contributed by atoms with Gasteiger partial charge in [-0.15, -0.1) is 0 Å². The van der Waals surface area contributed by atoms with Crippen molar-refractivity contribution in [3.63, 3.8) is 0 Å². The Morgan fingerprint density at radius 1 is 1.38 bits per heavy atom. The summed E-state index contributed by atoms with van der Waals surface area (Å²) in [6.07, 6.45) is -0.405. The van der Waals surface area contributed by atoms with Crippen molar-refractivity contribution in [3.05, 3.63) is 0 Å². The van der Waals surface area contributed by atoms with Crippen LogP contribution in [0.2, 0.25) is 0 Å². The molecule has 0 aromatic carbocycles. The van der Waals surface area contributed by atoms with Crippen molar-refractivity contribution in [3.8, 4) is 0 Å². The van der Waals surface area contributed by atoms with Crippen LogP contribution in [0.5, 0.6) is 0 Å². The molecule has 0 heterocycles. The smallest absolute Gasteiger partial charge is 0.382 e. The van der Waals surface area contributed by atoms with E-state index in [0.717, 1.165) is 0 Å². The third kappa shape index (κ3) is 9.71. The first kappa shape index (κ1) is 12.8. The zero-order chi connectivity index (χ0) is 10.3. The van der Waals surface area contributed by atoms with Crippen molar-refractivity contribution in [2.24, 2.45) is 0 Å². The zero-order valence-electron chi connectivity index (χ0n) is 7.60. The number of rotatable bonds is 7. The van der Waals surface area contributed by atoms with Gasteiger partial charge in [0.2, 0.25) is 0 Å². The fourth-order valence-corrected chi connectivity index (χ4v) is 0.926. The highest BCUT2D eigenvalue weighted by atomic mass is 32.3. The number of ether oxygens (including phenoxy) is 2. The summed E-state index contributed by atoms with van der Waals surface area (Å²) in [5.74, 6) is 0. The van der Waals surface area contributed by atoms with Gasteiger partial charge in [0.15, 0.2) is 0 Å². The Hall–Kier alpha value is -0.210. The van der Waals surface area contributed by atoms with Gasteiger partial charge in [-0.2, -0.15) is 8.42 Å². The summed E-state index contributed by atoms with van der Waals surface area (Å²) in [7, 11) is -2.83. The van der Waals surface area contributed by atoms with Crippen LogP contribution in [-0.2, 0) is 24.1 Å². The molecule has 0 radical (unpaired) electrons. The van der Waals surface area contributed by atoms with Crippen LogP contribution in [0.4, 0.5) is 0 Å². The summed E-state index contributed by atoms with van der Waals surface area (Å²) in [6, 6.07) is 0. The van der Waals surface area contributed by atoms with Crippen LogP contribution in [0.15, 0.2) is 0 Å². The van der Waals surface area contributed by atoms with Crippen molar-refractivity contribution in [2.45, 2.75) is 13.0 Å². The van der Waals surface area contributed by atoms with E-state index in [0.29, 0.717) is 13.2 Å². The summed E-state index contributed by atoms with van der Waals surface area (Å²) in [5.41, 5.74) is 0. The second-order valence-corrected chi connectivity index (χ2v) is 3.48. The molecule has 0 saturated heterocycles. The molecule has 6 nitrogen and oxygen atoms in total. The van der Waals surface area contributed by atoms with E-state index >= 15 is 0 Å². The lowest BCUT2D eigenvalue weighted by Gasteiger charge is -2.10. The molecule has 7 heteroatoms. The van der Waals surface area contributed by atoms with Gasteiger partial charge in [0, 0.05) is 7.11 Å². The number of hydrogen-bond donors (Lipinski definition) is 1. The van der Waals surface area contributed by atoms with E-state index in [1.807, 2.05) is 0 Å². The maximum Gasteiger partial charge on any atom is 0.397 e. The Morgan fingerprint density at radius 2 is 2.00 bits per heavy atom. The third-order valence-electron chi connectivity index (χ3n) is 1.14. The Kier molecular flexibility index (Phi) is 6.17. The van der Waals surface area contributed by atoms with E-state index in [1.54, 1.807) is 6.92 Å². The van der Waals surface area contributed by atoms with Crippen LogP contribution in [0.1, 0.15) is 6.92 Å². The van der Waals surface area contributed by atoms with Gasteiger partial charge in [0.05, 0.1) is 25.9 Å². The van der Waals surface area contributed by atoms with E-state index in [4.69, 9.17) is 14.0 Å². The molecular formula is C6H14O6S. The highest BCUT2D eigenvalue weighted by molar-refractivity contribution is 7.80. The Morgan fingerprint density at radius 3 is 2.46 bits per heavy atom. The molecule has 1 atom stereocenters. The Bertz CT molecular complexity index is 211. The number of hydrogen-bond acceptors (Lipinski definition) is 5. The van der Waals surface area contributed by atoms with Crippen LogP contribution >= 0.6 is 0 Å². The van der Waals surface area contributed by atoms with Crippen LogP contribution in [0.25, 0.3) is 0 Å². The molecule has 0 fully saturated rings. The monoisotopic (exact) mass is 214 g/mol. The van der Waals surface area contributed by atoms with Gasteiger partial charge < -0.3 is 9.47 Å². The Balaban J connectivity index is 3.46. The lowest BCUT2D eigenvalue weighted by Crippen LogP contribution is -2.20. The standard InChI is InChI=1S/C6H14O6S/c1-6(11-4-3-10-2)5-12-13(7,8)9/h6H,3-5H2,1-2H3,(H,7,8,9). The summed E-state index contributed by atoms with van der Waals surface area (Å²) in [6.45, 7) is 2.20. The van der Waals surface area contributed by atoms with Gasteiger partial charge in [0.25, 0.3) is 0 Å². The summed E-state index contributed by atoms with van der Waals surface area (Å²) in [5, 5.41) is 0. The highest BCUT2D eigenvalue weighted by Gasteiger charge is 2.08. The van der Waals surface area contributed by atoms with Crippen LogP contribution < -0.4 is 0 Å². The minimum absolute atomic E-state index is 0.206. The second-order valence-electron chi connectivity index (χ2n) is 2.39. The van der Waals surface area contributed by atoms with Gasteiger partial charge in [-0.3, -0.25) is 4.55 Å². The molecule has 0 spiro atoms. The molecule has 0 aromatic heterocycles. The van der Waals surface area contributed by atoms with Gasteiger partial charge in [0.1, 0.15) is 0 Å². The van der Waals surface area contributed by atoms with Crippen molar-refractivity contribution in [2.75, 3.05) is 26.9 Å². The topological polar surface area (TPSA) is 82.1 Å². The van der Waals surface area contributed by atoms with E-state index in [-0.39, 0.29) is 6.61 Å². The van der Waals surface area contributed by atoms with E-state index in [2.05, 4.69) is 4.18 Å². The van der Waals surface area contributed by atoms with E-state index < -0.39 is 16.5 Å². The van der Waals surface area contributed by atoms with Crippen LogP contribution in [0.3, 0.4) is 0 Å². The molecule has 1 N–H and O–H groups in total.